The number of carbonyl (C=O) groups is 2. The molecule has 1 aliphatic rings. The SMILES string of the molecule is C[Si](C)(C)C#CCCCCCCC(=O)N1C(=O)OC[C@H]1Cc1ccccc1. The van der Waals surface area contributed by atoms with E-state index in [1.807, 2.05) is 30.3 Å². The summed E-state index contributed by atoms with van der Waals surface area (Å²) >= 11 is 0. The van der Waals surface area contributed by atoms with Gasteiger partial charge in [-0.05, 0) is 24.8 Å². The molecule has 1 fully saturated rings. The summed E-state index contributed by atoms with van der Waals surface area (Å²) in [6.07, 6.45) is 5.45. The van der Waals surface area contributed by atoms with Crippen molar-refractivity contribution in [1.82, 2.24) is 4.90 Å². The molecule has 1 aromatic rings. The maximum atomic E-state index is 12.5. The second kappa shape index (κ2) is 10.3. The molecule has 1 aromatic carbocycles. The Bertz CT molecular complexity index is 685. The van der Waals surface area contributed by atoms with Gasteiger partial charge in [-0.3, -0.25) is 4.79 Å². The summed E-state index contributed by atoms with van der Waals surface area (Å²) in [6, 6.07) is 9.72. The zero-order valence-electron chi connectivity index (χ0n) is 16.8. The van der Waals surface area contributed by atoms with Crippen LogP contribution in [0.3, 0.4) is 0 Å². The Morgan fingerprint density at radius 2 is 1.85 bits per heavy atom. The normalized spacial score (nSPS) is 16.6. The van der Waals surface area contributed by atoms with Crippen LogP contribution in [0.1, 0.15) is 44.1 Å². The summed E-state index contributed by atoms with van der Waals surface area (Å²) in [4.78, 5) is 25.8. The molecule has 1 heterocycles. The zero-order chi connectivity index (χ0) is 19.7. The van der Waals surface area contributed by atoms with Gasteiger partial charge in [0.2, 0.25) is 5.91 Å². The first-order chi connectivity index (χ1) is 12.9. The van der Waals surface area contributed by atoms with Crippen LogP contribution in [0, 0.1) is 11.5 Å². The molecular formula is C22H31NO3Si. The van der Waals surface area contributed by atoms with E-state index in [1.54, 1.807) is 0 Å². The molecule has 0 bridgehead atoms. The molecule has 0 radical (unpaired) electrons. The molecule has 146 valence electrons. The average molecular weight is 386 g/mol. The Hall–Kier alpha value is -2.06. The Morgan fingerprint density at radius 3 is 2.56 bits per heavy atom. The number of hydrogen-bond donors (Lipinski definition) is 0. The molecule has 1 atom stereocenters. The largest absolute Gasteiger partial charge is 0.447 e. The van der Waals surface area contributed by atoms with Crippen molar-refractivity contribution in [1.29, 1.82) is 0 Å². The van der Waals surface area contributed by atoms with Gasteiger partial charge in [0.1, 0.15) is 14.7 Å². The van der Waals surface area contributed by atoms with Crippen LogP contribution in [0.5, 0.6) is 0 Å². The van der Waals surface area contributed by atoms with Gasteiger partial charge in [-0.25, -0.2) is 9.69 Å². The van der Waals surface area contributed by atoms with Gasteiger partial charge in [0.15, 0.2) is 0 Å². The maximum Gasteiger partial charge on any atom is 0.416 e. The summed E-state index contributed by atoms with van der Waals surface area (Å²) in [5.74, 6) is 3.17. The lowest BCUT2D eigenvalue weighted by molar-refractivity contribution is -0.129. The predicted octanol–water partition coefficient (Wildman–Crippen LogP) is 4.80. The fourth-order valence-electron chi connectivity index (χ4n) is 3.09. The Balaban J connectivity index is 1.70. The minimum atomic E-state index is -1.26. The molecule has 5 heteroatoms. The molecule has 0 aliphatic carbocycles. The number of carbonyl (C=O) groups excluding carboxylic acids is 2. The number of ether oxygens (including phenoxy) is 1. The summed E-state index contributed by atoms with van der Waals surface area (Å²) in [5, 5.41) is 0. The second-order valence-electron chi connectivity index (χ2n) is 8.15. The molecule has 0 spiro atoms. The lowest BCUT2D eigenvalue weighted by Gasteiger charge is -2.19. The Morgan fingerprint density at radius 1 is 1.15 bits per heavy atom. The van der Waals surface area contributed by atoms with Gasteiger partial charge in [0.25, 0.3) is 0 Å². The Labute approximate surface area is 164 Å². The van der Waals surface area contributed by atoms with Crippen molar-refractivity contribution in [3.63, 3.8) is 0 Å². The molecule has 2 amide bonds. The van der Waals surface area contributed by atoms with Crippen molar-refractivity contribution in [3.8, 4) is 11.5 Å². The van der Waals surface area contributed by atoms with Crippen LogP contribution in [0.2, 0.25) is 19.6 Å². The van der Waals surface area contributed by atoms with Crippen molar-refractivity contribution in [3.05, 3.63) is 35.9 Å². The fraction of sp³-hybridized carbons (Fsp3) is 0.545. The molecule has 1 aliphatic heterocycles. The van der Waals surface area contributed by atoms with Gasteiger partial charge in [-0.15, -0.1) is 11.5 Å². The zero-order valence-corrected chi connectivity index (χ0v) is 17.8. The molecule has 4 nitrogen and oxygen atoms in total. The molecular weight excluding hydrogens is 354 g/mol. The highest BCUT2D eigenvalue weighted by molar-refractivity contribution is 6.83. The van der Waals surface area contributed by atoms with E-state index in [0.717, 1.165) is 37.7 Å². The minimum absolute atomic E-state index is 0.114. The van der Waals surface area contributed by atoms with E-state index in [2.05, 4.69) is 31.1 Å². The van der Waals surface area contributed by atoms with Gasteiger partial charge in [-0.2, -0.15) is 0 Å². The third kappa shape index (κ3) is 7.60. The minimum Gasteiger partial charge on any atom is -0.447 e. The monoisotopic (exact) mass is 385 g/mol. The number of cyclic esters (lactones) is 1. The molecule has 27 heavy (non-hydrogen) atoms. The predicted molar refractivity (Wildman–Crippen MR) is 111 cm³/mol. The van der Waals surface area contributed by atoms with E-state index in [1.165, 1.54) is 4.90 Å². The van der Waals surface area contributed by atoms with Crippen molar-refractivity contribution in [2.75, 3.05) is 6.61 Å². The molecule has 1 saturated heterocycles. The lowest BCUT2D eigenvalue weighted by Crippen LogP contribution is -2.40. The van der Waals surface area contributed by atoms with Crippen molar-refractivity contribution in [2.24, 2.45) is 0 Å². The molecule has 0 N–H and O–H groups in total. The third-order valence-electron chi connectivity index (χ3n) is 4.45. The van der Waals surface area contributed by atoms with E-state index >= 15 is 0 Å². The Kier molecular flexibility index (Phi) is 8.12. The molecule has 0 aromatic heterocycles. The highest BCUT2D eigenvalue weighted by atomic mass is 28.3. The topological polar surface area (TPSA) is 46.6 Å². The summed E-state index contributed by atoms with van der Waals surface area (Å²) in [6.45, 7) is 7.04. The number of imide groups is 1. The van der Waals surface area contributed by atoms with E-state index in [4.69, 9.17) is 4.74 Å². The van der Waals surface area contributed by atoms with Crippen LogP contribution in [0.25, 0.3) is 0 Å². The quantitative estimate of drug-likeness (QED) is 0.367. The van der Waals surface area contributed by atoms with Gasteiger partial charge in [0, 0.05) is 12.8 Å². The third-order valence-corrected chi connectivity index (χ3v) is 5.38. The summed E-state index contributed by atoms with van der Waals surface area (Å²) in [5.41, 5.74) is 4.48. The van der Waals surface area contributed by atoms with Crippen molar-refractivity contribution < 1.29 is 14.3 Å². The van der Waals surface area contributed by atoms with Gasteiger partial charge < -0.3 is 4.74 Å². The van der Waals surface area contributed by atoms with Crippen LogP contribution in [0.15, 0.2) is 30.3 Å². The lowest BCUT2D eigenvalue weighted by atomic mass is 10.1. The van der Waals surface area contributed by atoms with Crippen LogP contribution in [-0.4, -0.2) is 37.6 Å². The van der Waals surface area contributed by atoms with Crippen molar-refractivity contribution >= 4 is 20.1 Å². The number of unbranched alkanes of at least 4 members (excludes halogenated alkanes) is 4. The average Bonchev–Trinajstić information content (AvgIpc) is 2.97. The fourth-order valence-corrected chi connectivity index (χ4v) is 3.75. The molecule has 0 saturated carbocycles. The van der Waals surface area contributed by atoms with E-state index in [9.17, 15) is 9.59 Å². The van der Waals surface area contributed by atoms with Crippen LogP contribution >= 0.6 is 0 Å². The van der Waals surface area contributed by atoms with Crippen molar-refractivity contribution in [2.45, 2.75) is 70.6 Å². The van der Waals surface area contributed by atoms with E-state index < -0.39 is 14.2 Å². The first kappa shape index (κ1) is 21.2. The number of benzene rings is 1. The van der Waals surface area contributed by atoms with Gasteiger partial charge in [0.05, 0.1) is 6.04 Å². The number of hydrogen-bond acceptors (Lipinski definition) is 3. The standard InChI is InChI=1S/C22H31NO3Si/c1-27(2,3)16-12-7-5-4-6-11-15-21(24)23-20(18-26-22(23)25)17-19-13-9-8-10-14-19/h8-10,13-14,20H,4-7,11,15,17-18H2,1-3H3/t20-/m1/s1. The second-order valence-corrected chi connectivity index (χ2v) is 12.9. The van der Waals surface area contributed by atoms with Gasteiger partial charge >= 0.3 is 6.09 Å². The first-order valence-electron chi connectivity index (χ1n) is 9.89. The number of amides is 2. The highest BCUT2D eigenvalue weighted by Gasteiger charge is 2.37. The molecule has 0 unspecified atom stereocenters. The van der Waals surface area contributed by atoms with Crippen LogP contribution in [0.4, 0.5) is 4.79 Å². The molecule has 2 rings (SSSR count). The number of nitrogens with zero attached hydrogens (tertiary/aromatic N) is 1. The summed E-state index contributed by atoms with van der Waals surface area (Å²) in [7, 11) is -1.26. The maximum absolute atomic E-state index is 12.5. The number of rotatable bonds is 8. The van der Waals surface area contributed by atoms with E-state index in [0.29, 0.717) is 12.8 Å². The summed E-state index contributed by atoms with van der Waals surface area (Å²) < 4.78 is 5.12. The first-order valence-corrected chi connectivity index (χ1v) is 13.4. The van der Waals surface area contributed by atoms with E-state index in [-0.39, 0.29) is 18.6 Å². The van der Waals surface area contributed by atoms with Gasteiger partial charge in [-0.1, -0.05) is 62.8 Å². The smallest absolute Gasteiger partial charge is 0.416 e. The van der Waals surface area contributed by atoms with Crippen LogP contribution in [-0.2, 0) is 16.0 Å². The highest BCUT2D eigenvalue weighted by Crippen LogP contribution is 2.19. The van der Waals surface area contributed by atoms with Crippen LogP contribution < -0.4 is 0 Å².